The molecule has 1 rings (SSSR count). The van der Waals surface area contributed by atoms with E-state index in [9.17, 15) is 0 Å². The lowest BCUT2D eigenvalue weighted by Gasteiger charge is -2.20. The fourth-order valence-corrected chi connectivity index (χ4v) is 2.94. The molecule has 0 fully saturated rings. The summed E-state index contributed by atoms with van der Waals surface area (Å²) in [6.07, 6.45) is 2.61. The van der Waals surface area contributed by atoms with Gasteiger partial charge in [0.2, 0.25) is 0 Å². The number of benzene rings is 1. The van der Waals surface area contributed by atoms with Crippen LogP contribution in [0.1, 0.15) is 32.3 Å². The highest BCUT2D eigenvalue weighted by atomic mass is 32.2. The van der Waals surface area contributed by atoms with Crippen LogP contribution in [0.5, 0.6) is 0 Å². The van der Waals surface area contributed by atoms with Crippen LogP contribution in [0.15, 0.2) is 30.3 Å². The van der Waals surface area contributed by atoms with Crippen molar-refractivity contribution < 1.29 is 0 Å². The lowest BCUT2D eigenvalue weighted by atomic mass is 10.2. The van der Waals surface area contributed by atoms with E-state index in [4.69, 9.17) is 0 Å². The van der Waals surface area contributed by atoms with Crippen LogP contribution in [0, 0.1) is 0 Å². The van der Waals surface area contributed by atoms with Gasteiger partial charge in [-0.1, -0.05) is 50.6 Å². The molecule has 0 aliphatic rings. The predicted molar refractivity (Wildman–Crippen MR) is 92.5 cm³/mol. The molecular weight excluding hydrogens is 264 g/mol. The molecule has 1 aromatic rings. The van der Waals surface area contributed by atoms with Gasteiger partial charge in [-0.25, -0.2) is 0 Å². The maximum absolute atomic E-state index is 3.55. The molecule has 0 bridgehead atoms. The second-order valence-electron chi connectivity index (χ2n) is 5.08. The molecule has 2 nitrogen and oxygen atoms in total. The summed E-state index contributed by atoms with van der Waals surface area (Å²) in [5, 5.41) is 3.55. The summed E-state index contributed by atoms with van der Waals surface area (Å²) in [5.41, 5.74) is 1.43. The highest BCUT2D eigenvalue weighted by Gasteiger charge is 2.00. The third kappa shape index (κ3) is 8.62. The highest BCUT2D eigenvalue weighted by Crippen LogP contribution is 2.10. The van der Waals surface area contributed by atoms with Gasteiger partial charge in [0, 0.05) is 31.1 Å². The molecule has 0 saturated heterocycles. The van der Waals surface area contributed by atoms with Gasteiger partial charge in [-0.2, -0.15) is 11.8 Å². The molecule has 0 heterocycles. The van der Waals surface area contributed by atoms with Crippen LogP contribution in [0.2, 0.25) is 0 Å². The van der Waals surface area contributed by atoms with Crippen LogP contribution >= 0.6 is 11.8 Å². The summed E-state index contributed by atoms with van der Waals surface area (Å²) >= 11 is 2.01. The minimum atomic E-state index is 1.11. The number of unbranched alkanes of at least 4 members (excludes halogenated alkanes) is 1. The summed E-state index contributed by atoms with van der Waals surface area (Å²) in [4.78, 5) is 2.54. The second-order valence-corrected chi connectivity index (χ2v) is 6.18. The Bertz CT molecular complexity index is 316. The normalized spacial score (nSPS) is 11.2. The fraction of sp³-hybridized carbons (Fsp3) is 0.647. The SMILES string of the molecule is CCCCN(CC)CCNCCSCc1ccccc1. The minimum absolute atomic E-state index is 1.11. The number of nitrogens with zero attached hydrogens (tertiary/aromatic N) is 1. The average Bonchev–Trinajstić information content (AvgIpc) is 2.50. The Morgan fingerprint density at radius 2 is 1.85 bits per heavy atom. The van der Waals surface area contributed by atoms with Gasteiger partial charge in [-0.3, -0.25) is 0 Å². The number of rotatable bonds is 12. The van der Waals surface area contributed by atoms with Crippen LogP contribution in [-0.4, -0.2) is 43.4 Å². The quantitative estimate of drug-likeness (QED) is 0.593. The average molecular weight is 295 g/mol. The molecule has 0 unspecified atom stereocenters. The van der Waals surface area contributed by atoms with Crippen molar-refractivity contribution in [3.05, 3.63) is 35.9 Å². The predicted octanol–water partition coefficient (Wildman–Crippen LogP) is 3.63. The van der Waals surface area contributed by atoms with Crippen LogP contribution in [0.4, 0.5) is 0 Å². The van der Waals surface area contributed by atoms with Gasteiger partial charge in [-0.15, -0.1) is 0 Å². The first-order valence-electron chi connectivity index (χ1n) is 7.91. The fourth-order valence-electron chi connectivity index (χ4n) is 2.08. The van der Waals surface area contributed by atoms with Crippen molar-refractivity contribution in [3.63, 3.8) is 0 Å². The van der Waals surface area contributed by atoms with E-state index in [2.05, 4.69) is 54.4 Å². The van der Waals surface area contributed by atoms with Crippen LogP contribution in [0.3, 0.4) is 0 Å². The Hall–Kier alpha value is -0.510. The molecule has 114 valence electrons. The smallest absolute Gasteiger partial charge is 0.0185 e. The topological polar surface area (TPSA) is 15.3 Å². The van der Waals surface area contributed by atoms with Gasteiger partial charge >= 0.3 is 0 Å². The maximum atomic E-state index is 3.55. The number of hydrogen-bond acceptors (Lipinski definition) is 3. The lowest BCUT2D eigenvalue weighted by molar-refractivity contribution is 0.283. The Morgan fingerprint density at radius 3 is 2.55 bits per heavy atom. The first kappa shape index (κ1) is 17.5. The van der Waals surface area contributed by atoms with E-state index >= 15 is 0 Å². The zero-order valence-electron chi connectivity index (χ0n) is 13.1. The van der Waals surface area contributed by atoms with E-state index in [-0.39, 0.29) is 0 Å². The van der Waals surface area contributed by atoms with E-state index in [1.54, 1.807) is 0 Å². The van der Waals surface area contributed by atoms with Gasteiger partial charge in [-0.05, 0) is 25.1 Å². The van der Waals surface area contributed by atoms with Gasteiger partial charge in [0.1, 0.15) is 0 Å². The summed E-state index contributed by atoms with van der Waals surface area (Å²) < 4.78 is 0. The molecule has 1 N–H and O–H groups in total. The van der Waals surface area contributed by atoms with Gasteiger partial charge in [0.15, 0.2) is 0 Å². The number of likely N-dealkylation sites (N-methyl/N-ethyl adjacent to an activating group) is 1. The maximum Gasteiger partial charge on any atom is 0.0185 e. The van der Waals surface area contributed by atoms with Crippen LogP contribution in [-0.2, 0) is 5.75 Å². The molecule has 0 atom stereocenters. The molecule has 0 aliphatic carbocycles. The van der Waals surface area contributed by atoms with Crippen LogP contribution in [0.25, 0.3) is 0 Å². The first-order valence-corrected chi connectivity index (χ1v) is 9.07. The molecule has 20 heavy (non-hydrogen) atoms. The molecule has 0 saturated carbocycles. The molecule has 0 spiro atoms. The van der Waals surface area contributed by atoms with E-state index in [1.165, 1.54) is 43.8 Å². The lowest BCUT2D eigenvalue weighted by Crippen LogP contribution is -2.33. The monoisotopic (exact) mass is 294 g/mol. The van der Waals surface area contributed by atoms with E-state index in [0.29, 0.717) is 0 Å². The highest BCUT2D eigenvalue weighted by molar-refractivity contribution is 7.98. The third-order valence-corrected chi connectivity index (χ3v) is 4.44. The minimum Gasteiger partial charge on any atom is -0.315 e. The largest absolute Gasteiger partial charge is 0.315 e. The molecular formula is C17H30N2S. The number of nitrogens with one attached hydrogen (secondary N) is 1. The summed E-state index contributed by atoms with van der Waals surface area (Å²) in [6, 6.07) is 10.7. The van der Waals surface area contributed by atoms with E-state index in [1.807, 2.05) is 11.8 Å². The summed E-state index contributed by atoms with van der Waals surface area (Å²) in [5.74, 6) is 2.32. The summed E-state index contributed by atoms with van der Waals surface area (Å²) in [6.45, 7) is 10.3. The number of thioether (sulfide) groups is 1. The van der Waals surface area contributed by atoms with Gasteiger partial charge in [0.25, 0.3) is 0 Å². The van der Waals surface area contributed by atoms with Crippen molar-refractivity contribution in [2.24, 2.45) is 0 Å². The molecule has 3 heteroatoms. The first-order chi connectivity index (χ1) is 9.86. The zero-order chi connectivity index (χ0) is 14.5. The van der Waals surface area contributed by atoms with Gasteiger partial charge < -0.3 is 10.2 Å². The Morgan fingerprint density at radius 1 is 1.05 bits per heavy atom. The van der Waals surface area contributed by atoms with Crippen molar-refractivity contribution in [1.82, 2.24) is 10.2 Å². The second kappa shape index (κ2) is 12.2. The van der Waals surface area contributed by atoms with E-state index < -0.39 is 0 Å². The Balaban J connectivity index is 1.94. The molecule has 1 aromatic carbocycles. The standard InChI is InChI=1S/C17H30N2S/c1-3-5-13-19(4-2)14-11-18-12-15-20-16-17-9-7-6-8-10-17/h6-10,18H,3-5,11-16H2,1-2H3. The molecule has 0 aromatic heterocycles. The third-order valence-electron chi connectivity index (χ3n) is 3.41. The van der Waals surface area contributed by atoms with E-state index in [0.717, 1.165) is 18.8 Å². The zero-order valence-corrected chi connectivity index (χ0v) is 13.9. The number of hydrogen-bond donors (Lipinski definition) is 1. The molecule has 0 amide bonds. The van der Waals surface area contributed by atoms with Crippen molar-refractivity contribution in [2.75, 3.05) is 38.5 Å². The Kier molecular flexibility index (Phi) is 10.7. The molecule has 0 aliphatic heterocycles. The van der Waals surface area contributed by atoms with Crippen LogP contribution < -0.4 is 5.32 Å². The Labute approximate surface area is 129 Å². The van der Waals surface area contributed by atoms with Crippen molar-refractivity contribution in [3.8, 4) is 0 Å². The molecule has 0 radical (unpaired) electrons. The van der Waals surface area contributed by atoms with Gasteiger partial charge in [0.05, 0.1) is 0 Å². The van der Waals surface area contributed by atoms with Crippen molar-refractivity contribution in [1.29, 1.82) is 0 Å². The summed E-state index contributed by atoms with van der Waals surface area (Å²) in [7, 11) is 0. The van der Waals surface area contributed by atoms with Crippen molar-refractivity contribution >= 4 is 11.8 Å². The van der Waals surface area contributed by atoms with Crippen molar-refractivity contribution in [2.45, 2.75) is 32.4 Å².